The molecular weight excluding hydrogens is 395 g/mol. The van der Waals surface area contributed by atoms with Gasteiger partial charge in [0.25, 0.3) is 0 Å². The van der Waals surface area contributed by atoms with Crippen LogP contribution in [-0.4, -0.2) is 31.0 Å². The smallest absolute Gasteiger partial charge is 0.310 e. The summed E-state index contributed by atoms with van der Waals surface area (Å²) < 4.78 is 16.8. The van der Waals surface area contributed by atoms with Crippen molar-refractivity contribution in [3.8, 4) is 11.8 Å². The molecule has 0 aliphatic carbocycles. The van der Waals surface area contributed by atoms with Crippen molar-refractivity contribution in [1.29, 1.82) is 5.26 Å². The summed E-state index contributed by atoms with van der Waals surface area (Å²) in [5, 5.41) is 19.0. The van der Waals surface area contributed by atoms with Gasteiger partial charge in [-0.15, -0.1) is 5.10 Å². The van der Waals surface area contributed by atoms with E-state index in [0.29, 0.717) is 28.5 Å². The summed E-state index contributed by atoms with van der Waals surface area (Å²) in [6.45, 7) is 5.81. The predicted octanol–water partition coefficient (Wildman–Crippen LogP) is 2.74. The normalized spacial score (nSPS) is 10.7. The van der Waals surface area contributed by atoms with Gasteiger partial charge < -0.3 is 5.32 Å². The Morgan fingerprint density at radius 2 is 2.17 bits per heavy atom. The first-order valence-electron chi connectivity index (χ1n) is 8.83. The second-order valence-corrected chi connectivity index (χ2v) is 7.20. The lowest BCUT2D eigenvalue weighted by Crippen LogP contribution is -2.19. The van der Waals surface area contributed by atoms with Crippen LogP contribution < -0.4 is 11.0 Å². The number of aromatic amines is 1. The maximum absolute atomic E-state index is 13.7. The maximum Gasteiger partial charge on any atom is 0.343 e. The van der Waals surface area contributed by atoms with Crippen molar-refractivity contribution in [2.24, 2.45) is 0 Å². The lowest BCUT2D eigenvalue weighted by molar-refractivity contribution is -0.113. The minimum Gasteiger partial charge on any atom is -0.310 e. The van der Waals surface area contributed by atoms with Crippen molar-refractivity contribution in [2.45, 2.75) is 32.5 Å². The highest BCUT2D eigenvalue weighted by molar-refractivity contribution is 7.99. The highest BCUT2D eigenvalue weighted by Gasteiger charge is 2.21. The number of nitrogens with one attached hydrogen (secondary N) is 2. The Hall–Kier alpha value is -3.32. The fourth-order valence-electron chi connectivity index (χ4n) is 2.99. The van der Waals surface area contributed by atoms with Crippen molar-refractivity contribution >= 4 is 23.5 Å². The summed E-state index contributed by atoms with van der Waals surface area (Å²) in [5.74, 6) is -0.522. The molecule has 0 aliphatic rings. The number of amides is 1. The van der Waals surface area contributed by atoms with Crippen LogP contribution in [-0.2, 0) is 11.3 Å². The summed E-state index contributed by atoms with van der Waals surface area (Å²) in [4.78, 5) is 24.2. The molecule has 8 nitrogen and oxygen atoms in total. The Morgan fingerprint density at radius 1 is 1.41 bits per heavy atom. The Bertz CT molecular complexity index is 1170. The number of thioether (sulfide) groups is 1. The summed E-state index contributed by atoms with van der Waals surface area (Å²) in [5.41, 5.74) is 1.90. The van der Waals surface area contributed by atoms with E-state index in [1.165, 1.54) is 16.7 Å². The molecule has 0 fully saturated rings. The van der Waals surface area contributed by atoms with E-state index < -0.39 is 5.82 Å². The van der Waals surface area contributed by atoms with Crippen molar-refractivity contribution < 1.29 is 9.18 Å². The zero-order chi connectivity index (χ0) is 21.1. The largest absolute Gasteiger partial charge is 0.343 e. The van der Waals surface area contributed by atoms with E-state index in [4.69, 9.17) is 0 Å². The van der Waals surface area contributed by atoms with Gasteiger partial charge in [-0.25, -0.2) is 14.3 Å². The fraction of sp³-hybridized carbons (Fsp3) is 0.263. The third-order valence-electron chi connectivity index (χ3n) is 4.52. The van der Waals surface area contributed by atoms with Crippen LogP contribution in [0.5, 0.6) is 0 Å². The van der Waals surface area contributed by atoms with Crippen molar-refractivity contribution in [3.05, 3.63) is 57.4 Å². The van der Waals surface area contributed by atoms with Gasteiger partial charge in [0.1, 0.15) is 17.7 Å². The van der Waals surface area contributed by atoms with Crippen LogP contribution in [0.3, 0.4) is 0 Å². The Morgan fingerprint density at radius 3 is 2.83 bits per heavy atom. The number of nitrogens with zero attached hydrogens (tertiary/aromatic N) is 4. The summed E-state index contributed by atoms with van der Waals surface area (Å²) in [6.07, 6.45) is 0. The standard InChI is InChI=1S/C19H19FN6O2S/c1-4-25-18(28)23-24-19(25)29-10-16(27)22-17-15(9-21)11(2)12(3)26(17)14-7-5-6-13(20)8-14/h5-8H,4,10H2,1-3H3,(H,22,27)(H,23,28). The number of benzene rings is 1. The number of rotatable bonds is 6. The molecule has 0 unspecified atom stereocenters. The van der Waals surface area contributed by atoms with E-state index >= 15 is 0 Å². The van der Waals surface area contributed by atoms with E-state index in [0.717, 1.165) is 17.5 Å². The second kappa shape index (κ2) is 8.36. The van der Waals surface area contributed by atoms with Gasteiger partial charge in [0.2, 0.25) is 5.91 Å². The van der Waals surface area contributed by atoms with Crippen molar-refractivity contribution in [2.75, 3.05) is 11.1 Å². The number of nitriles is 1. The highest BCUT2D eigenvalue weighted by Crippen LogP contribution is 2.30. The predicted molar refractivity (Wildman–Crippen MR) is 108 cm³/mol. The lowest BCUT2D eigenvalue weighted by atomic mass is 10.2. The average molecular weight is 414 g/mol. The zero-order valence-electron chi connectivity index (χ0n) is 16.1. The average Bonchev–Trinajstić information content (AvgIpc) is 3.16. The van der Waals surface area contributed by atoms with Crippen LogP contribution in [0.25, 0.3) is 5.69 Å². The van der Waals surface area contributed by atoms with Crippen LogP contribution in [0.1, 0.15) is 23.7 Å². The SMILES string of the molecule is CCn1c(SCC(=O)Nc2c(C#N)c(C)c(C)n2-c2cccc(F)c2)n[nH]c1=O. The first-order valence-corrected chi connectivity index (χ1v) is 9.81. The number of carbonyl (C=O) groups excluding carboxylic acids is 1. The number of hydrogen-bond donors (Lipinski definition) is 2. The number of aromatic nitrogens is 4. The van der Waals surface area contributed by atoms with Gasteiger partial charge in [-0.3, -0.25) is 13.9 Å². The molecule has 10 heteroatoms. The first-order chi connectivity index (χ1) is 13.9. The molecule has 29 heavy (non-hydrogen) atoms. The van der Waals surface area contributed by atoms with Gasteiger partial charge >= 0.3 is 5.69 Å². The molecule has 1 amide bonds. The fourth-order valence-corrected chi connectivity index (χ4v) is 3.80. The van der Waals surface area contributed by atoms with Gasteiger partial charge in [-0.2, -0.15) is 5.26 Å². The Balaban J connectivity index is 1.90. The number of carbonyl (C=O) groups is 1. The third-order valence-corrected chi connectivity index (χ3v) is 5.50. The highest BCUT2D eigenvalue weighted by atomic mass is 32.2. The Kier molecular flexibility index (Phi) is 5.89. The van der Waals surface area contributed by atoms with Gasteiger partial charge in [0.15, 0.2) is 5.16 Å². The lowest BCUT2D eigenvalue weighted by Gasteiger charge is -2.13. The molecule has 2 aromatic heterocycles. The molecule has 0 spiro atoms. The van der Waals surface area contributed by atoms with E-state index in [9.17, 15) is 19.2 Å². The van der Waals surface area contributed by atoms with Crippen LogP contribution >= 0.6 is 11.8 Å². The molecule has 0 bridgehead atoms. The summed E-state index contributed by atoms with van der Waals surface area (Å²) in [7, 11) is 0. The van der Waals surface area contributed by atoms with Gasteiger partial charge in [0.05, 0.1) is 17.0 Å². The third kappa shape index (κ3) is 3.95. The van der Waals surface area contributed by atoms with Crippen molar-refractivity contribution in [1.82, 2.24) is 19.3 Å². The Labute approximate surface area is 170 Å². The minimum atomic E-state index is -0.421. The molecule has 0 radical (unpaired) electrons. The summed E-state index contributed by atoms with van der Waals surface area (Å²) >= 11 is 1.10. The topological polar surface area (TPSA) is 108 Å². The molecular formula is C19H19FN6O2S. The molecule has 2 heterocycles. The summed E-state index contributed by atoms with van der Waals surface area (Å²) in [6, 6.07) is 8.04. The van der Waals surface area contributed by atoms with E-state index in [2.05, 4.69) is 21.6 Å². The molecule has 0 saturated heterocycles. The van der Waals surface area contributed by atoms with Crippen LogP contribution in [0.15, 0.2) is 34.2 Å². The number of halogens is 1. The first kappa shape index (κ1) is 20.4. The second-order valence-electron chi connectivity index (χ2n) is 6.25. The zero-order valence-corrected chi connectivity index (χ0v) is 16.9. The van der Waals surface area contributed by atoms with Crippen LogP contribution in [0, 0.1) is 31.0 Å². The molecule has 0 atom stereocenters. The number of H-pyrrole nitrogens is 1. The molecule has 3 rings (SSSR count). The quantitative estimate of drug-likeness (QED) is 0.603. The molecule has 150 valence electrons. The van der Waals surface area contributed by atoms with E-state index in [1.54, 1.807) is 37.5 Å². The number of hydrogen-bond acceptors (Lipinski definition) is 5. The molecule has 1 aromatic carbocycles. The minimum absolute atomic E-state index is 0.0123. The maximum atomic E-state index is 13.7. The molecule has 3 aromatic rings. The van der Waals surface area contributed by atoms with Gasteiger partial charge in [-0.05, 0) is 44.5 Å². The van der Waals surface area contributed by atoms with E-state index in [-0.39, 0.29) is 23.2 Å². The number of anilines is 1. The molecule has 0 aliphatic heterocycles. The van der Waals surface area contributed by atoms with Gasteiger partial charge in [0, 0.05) is 12.2 Å². The van der Waals surface area contributed by atoms with Crippen LogP contribution in [0.2, 0.25) is 0 Å². The molecule has 0 saturated carbocycles. The molecule has 2 N–H and O–H groups in total. The van der Waals surface area contributed by atoms with Gasteiger partial charge in [-0.1, -0.05) is 17.8 Å². The van der Waals surface area contributed by atoms with E-state index in [1.807, 2.05) is 0 Å². The van der Waals surface area contributed by atoms with Crippen molar-refractivity contribution in [3.63, 3.8) is 0 Å². The monoisotopic (exact) mass is 414 g/mol. The van der Waals surface area contributed by atoms with Crippen LogP contribution in [0.4, 0.5) is 10.2 Å².